The standard InChI is InChI=1S/C36H40ClN3O5S/c1-5-45-32-19-17-31(18-20-32)40(46(43,44)33-21-15-30(37)16-22-33)25-35(41)39(24-29-14-10-9-11-27(29)4)34(36(42)38-26(2)3)23-28-12-7-6-8-13-28/h6-22,26,34H,5,23-25H2,1-4H3,(H,38,42)/t34-/m1/s1. The molecule has 0 aliphatic heterocycles. The molecule has 0 saturated carbocycles. The molecule has 10 heteroatoms. The van der Waals surface area contributed by atoms with Crippen molar-refractivity contribution in [1.29, 1.82) is 0 Å². The van der Waals surface area contributed by atoms with Gasteiger partial charge in [0.15, 0.2) is 0 Å². The quantitative estimate of drug-likeness (QED) is 0.169. The number of aryl methyl sites for hydroxylation is 1. The van der Waals surface area contributed by atoms with Gasteiger partial charge in [-0.1, -0.05) is 66.2 Å². The average Bonchev–Trinajstić information content (AvgIpc) is 3.03. The van der Waals surface area contributed by atoms with Crippen LogP contribution in [0.4, 0.5) is 5.69 Å². The zero-order valence-electron chi connectivity index (χ0n) is 26.5. The molecule has 8 nitrogen and oxygen atoms in total. The molecular formula is C36H40ClN3O5S. The Balaban J connectivity index is 1.81. The lowest BCUT2D eigenvalue weighted by Crippen LogP contribution is -2.54. The molecule has 1 N–H and O–H groups in total. The third kappa shape index (κ3) is 8.89. The number of anilines is 1. The predicted molar refractivity (Wildman–Crippen MR) is 183 cm³/mol. The van der Waals surface area contributed by atoms with E-state index < -0.39 is 28.5 Å². The van der Waals surface area contributed by atoms with E-state index in [9.17, 15) is 18.0 Å². The summed E-state index contributed by atoms with van der Waals surface area (Å²) < 4.78 is 35.0. The van der Waals surface area contributed by atoms with Crippen LogP contribution in [0, 0.1) is 6.92 Å². The molecule has 0 saturated heterocycles. The van der Waals surface area contributed by atoms with Crippen LogP contribution in [0.5, 0.6) is 5.75 Å². The zero-order chi connectivity index (χ0) is 33.3. The summed E-state index contributed by atoms with van der Waals surface area (Å²) in [5, 5.41) is 3.35. The molecule has 0 heterocycles. The van der Waals surface area contributed by atoms with Gasteiger partial charge < -0.3 is 15.0 Å². The van der Waals surface area contributed by atoms with Crippen molar-refractivity contribution < 1.29 is 22.7 Å². The highest BCUT2D eigenvalue weighted by Gasteiger charge is 2.35. The van der Waals surface area contributed by atoms with Gasteiger partial charge in [0, 0.05) is 24.0 Å². The van der Waals surface area contributed by atoms with Gasteiger partial charge in [-0.3, -0.25) is 13.9 Å². The molecule has 0 unspecified atom stereocenters. The second kappa shape index (κ2) is 15.8. The molecular weight excluding hydrogens is 622 g/mol. The maximum atomic E-state index is 14.6. The fourth-order valence-corrected chi connectivity index (χ4v) is 6.58. The van der Waals surface area contributed by atoms with E-state index in [1.54, 1.807) is 24.3 Å². The lowest BCUT2D eigenvalue weighted by Gasteiger charge is -2.34. The van der Waals surface area contributed by atoms with E-state index in [1.807, 2.05) is 82.3 Å². The first-order valence-electron chi connectivity index (χ1n) is 15.2. The van der Waals surface area contributed by atoms with Crippen molar-refractivity contribution in [3.05, 3.63) is 125 Å². The smallest absolute Gasteiger partial charge is 0.264 e. The van der Waals surface area contributed by atoms with Crippen LogP contribution >= 0.6 is 11.6 Å². The number of carbonyl (C=O) groups is 2. The van der Waals surface area contributed by atoms with Crippen LogP contribution in [0.15, 0.2) is 108 Å². The Labute approximate surface area is 277 Å². The van der Waals surface area contributed by atoms with E-state index in [-0.39, 0.29) is 35.5 Å². The summed E-state index contributed by atoms with van der Waals surface area (Å²) >= 11 is 6.07. The van der Waals surface area contributed by atoms with Crippen LogP contribution in [-0.2, 0) is 32.6 Å². The second-order valence-electron chi connectivity index (χ2n) is 11.2. The second-order valence-corrected chi connectivity index (χ2v) is 13.5. The van der Waals surface area contributed by atoms with Gasteiger partial charge >= 0.3 is 0 Å². The number of carbonyl (C=O) groups excluding carboxylic acids is 2. The van der Waals surface area contributed by atoms with E-state index in [4.69, 9.17) is 16.3 Å². The van der Waals surface area contributed by atoms with E-state index in [1.165, 1.54) is 29.2 Å². The molecule has 0 aliphatic rings. The highest BCUT2D eigenvalue weighted by molar-refractivity contribution is 7.92. The summed E-state index contributed by atoms with van der Waals surface area (Å²) in [4.78, 5) is 29.8. The number of halogens is 1. The predicted octanol–water partition coefficient (Wildman–Crippen LogP) is 6.41. The first-order chi connectivity index (χ1) is 22.0. The Morgan fingerprint density at radius 2 is 1.50 bits per heavy atom. The lowest BCUT2D eigenvalue weighted by atomic mass is 10.0. The van der Waals surface area contributed by atoms with Crippen molar-refractivity contribution in [2.24, 2.45) is 0 Å². The Kier molecular flexibility index (Phi) is 11.8. The molecule has 1 atom stereocenters. The number of ether oxygens (including phenoxy) is 1. The zero-order valence-corrected chi connectivity index (χ0v) is 28.1. The van der Waals surface area contributed by atoms with Gasteiger partial charge in [-0.05, 0) is 92.9 Å². The van der Waals surface area contributed by atoms with Crippen LogP contribution in [0.1, 0.15) is 37.5 Å². The number of sulfonamides is 1. The lowest BCUT2D eigenvalue weighted by molar-refractivity contribution is -0.140. The largest absolute Gasteiger partial charge is 0.494 e. The first kappa shape index (κ1) is 34.5. The number of amides is 2. The average molecular weight is 662 g/mol. The minimum Gasteiger partial charge on any atom is -0.494 e. The Morgan fingerprint density at radius 3 is 2.11 bits per heavy atom. The number of hydrogen-bond acceptors (Lipinski definition) is 5. The third-order valence-corrected chi connectivity index (χ3v) is 9.46. The minimum atomic E-state index is -4.24. The van der Waals surface area contributed by atoms with Crippen molar-refractivity contribution in [3.63, 3.8) is 0 Å². The molecule has 0 aliphatic carbocycles. The summed E-state index contributed by atoms with van der Waals surface area (Å²) in [6.45, 7) is 7.51. The Bertz CT molecular complexity index is 1710. The highest BCUT2D eigenvalue weighted by Crippen LogP contribution is 2.28. The van der Waals surface area contributed by atoms with E-state index >= 15 is 0 Å². The van der Waals surface area contributed by atoms with Crippen molar-refractivity contribution in [2.45, 2.75) is 57.6 Å². The van der Waals surface area contributed by atoms with E-state index in [0.717, 1.165) is 21.0 Å². The Hall–Kier alpha value is -4.34. The fourth-order valence-electron chi connectivity index (χ4n) is 5.04. The highest BCUT2D eigenvalue weighted by atomic mass is 35.5. The van der Waals surface area contributed by atoms with Gasteiger partial charge in [0.25, 0.3) is 10.0 Å². The van der Waals surface area contributed by atoms with Crippen molar-refractivity contribution in [3.8, 4) is 5.75 Å². The molecule has 4 rings (SSSR count). The summed E-state index contributed by atoms with van der Waals surface area (Å²) in [5.41, 5.74) is 2.93. The summed E-state index contributed by atoms with van der Waals surface area (Å²) in [6, 6.07) is 28.3. The Morgan fingerprint density at radius 1 is 0.870 bits per heavy atom. The summed E-state index contributed by atoms with van der Waals surface area (Å²) in [5.74, 6) is -0.292. The van der Waals surface area contributed by atoms with Crippen molar-refractivity contribution >= 4 is 39.1 Å². The summed E-state index contributed by atoms with van der Waals surface area (Å²) in [6.07, 6.45) is 0.240. The van der Waals surface area contributed by atoms with E-state index in [2.05, 4.69) is 5.32 Å². The van der Waals surface area contributed by atoms with E-state index in [0.29, 0.717) is 17.4 Å². The minimum absolute atomic E-state index is 0.0255. The third-order valence-electron chi connectivity index (χ3n) is 7.42. The molecule has 0 spiro atoms. The van der Waals surface area contributed by atoms with Crippen LogP contribution < -0.4 is 14.4 Å². The number of hydrogen-bond donors (Lipinski definition) is 1. The number of nitrogens with zero attached hydrogens (tertiary/aromatic N) is 2. The van der Waals surface area contributed by atoms with Crippen molar-refractivity contribution in [1.82, 2.24) is 10.2 Å². The molecule has 46 heavy (non-hydrogen) atoms. The molecule has 0 bridgehead atoms. The summed E-state index contributed by atoms with van der Waals surface area (Å²) in [7, 11) is -4.24. The molecule has 4 aromatic carbocycles. The van der Waals surface area contributed by atoms with Gasteiger partial charge in [0.05, 0.1) is 17.2 Å². The molecule has 2 amide bonds. The normalized spacial score (nSPS) is 12.0. The molecule has 0 radical (unpaired) electrons. The molecule has 0 fully saturated rings. The topological polar surface area (TPSA) is 96.0 Å². The van der Waals surface area contributed by atoms with Crippen LogP contribution in [-0.4, -0.2) is 50.4 Å². The number of nitrogens with one attached hydrogen (secondary N) is 1. The first-order valence-corrected chi connectivity index (χ1v) is 17.0. The van der Waals surface area contributed by atoms with Gasteiger partial charge in [-0.15, -0.1) is 0 Å². The maximum absolute atomic E-state index is 14.6. The SMILES string of the molecule is CCOc1ccc(N(CC(=O)N(Cc2ccccc2C)[C@H](Cc2ccccc2)C(=O)NC(C)C)S(=O)(=O)c2ccc(Cl)cc2)cc1. The van der Waals surface area contributed by atoms with Crippen molar-refractivity contribution in [2.75, 3.05) is 17.5 Å². The van der Waals surface area contributed by atoms with Crippen LogP contribution in [0.2, 0.25) is 5.02 Å². The fraction of sp³-hybridized carbons (Fsp3) is 0.278. The van der Waals surface area contributed by atoms with Crippen LogP contribution in [0.25, 0.3) is 0 Å². The monoisotopic (exact) mass is 661 g/mol. The number of benzene rings is 4. The molecule has 242 valence electrons. The molecule has 0 aromatic heterocycles. The van der Waals surface area contributed by atoms with Gasteiger partial charge in [0.2, 0.25) is 11.8 Å². The van der Waals surface area contributed by atoms with Crippen LogP contribution in [0.3, 0.4) is 0 Å². The maximum Gasteiger partial charge on any atom is 0.264 e. The number of rotatable bonds is 14. The van der Waals surface area contributed by atoms with Gasteiger partial charge in [-0.25, -0.2) is 8.42 Å². The van der Waals surface area contributed by atoms with Gasteiger partial charge in [0.1, 0.15) is 18.3 Å². The molecule has 4 aromatic rings. The van der Waals surface area contributed by atoms with Gasteiger partial charge in [-0.2, -0.15) is 0 Å².